The van der Waals surface area contributed by atoms with Crippen LogP contribution < -0.4 is 10.4 Å². The van der Waals surface area contributed by atoms with Crippen LogP contribution in [0.2, 0.25) is 0 Å². The Morgan fingerprint density at radius 1 is 0.421 bits per heavy atom. The van der Waals surface area contributed by atoms with E-state index in [9.17, 15) is 0 Å². The van der Waals surface area contributed by atoms with E-state index in [-0.39, 0.29) is 0 Å². The summed E-state index contributed by atoms with van der Waals surface area (Å²) in [6.45, 7) is 0. The molecule has 0 fully saturated rings. The van der Waals surface area contributed by atoms with Crippen molar-refractivity contribution in [3.8, 4) is 22.3 Å². The third kappa shape index (κ3) is 8.65. The van der Waals surface area contributed by atoms with Gasteiger partial charge in [-0.05, 0) is 0 Å². The summed E-state index contributed by atoms with van der Waals surface area (Å²) < 4.78 is 0. The van der Waals surface area contributed by atoms with Crippen molar-refractivity contribution in [3.63, 3.8) is 0 Å². The Labute approximate surface area is 241 Å². The summed E-state index contributed by atoms with van der Waals surface area (Å²) in [7, 11) is 12.6. The van der Waals surface area contributed by atoms with Crippen molar-refractivity contribution in [2.75, 3.05) is 0 Å². The first-order chi connectivity index (χ1) is 18.7. The first kappa shape index (κ1) is 28.3. The predicted molar refractivity (Wildman–Crippen MR) is 165 cm³/mol. The maximum absolute atomic E-state index is 6.32. The van der Waals surface area contributed by atoms with E-state index < -0.39 is 23.4 Å². The first-order valence-electron chi connectivity index (χ1n) is 12.4. The number of hydrogen-bond acceptors (Lipinski definition) is 0. The van der Waals surface area contributed by atoms with Gasteiger partial charge in [-0.25, -0.2) is 12.1 Å². The molecular weight excluding hydrogens is 599 g/mol. The molecule has 6 aromatic carbocycles. The predicted octanol–water partition coefficient (Wildman–Crippen LogP) is 8.86. The van der Waals surface area contributed by atoms with E-state index in [0.29, 0.717) is 0 Å². The van der Waals surface area contributed by atoms with Crippen LogP contribution in [-0.4, -0.2) is 5.43 Å². The zero-order valence-corrected chi connectivity index (χ0v) is 25.9. The van der Waals surface area contributed by atoms with Crippen molar-refractivity contribution >= 4 is 32.8 Å². The smallest absolute Gasteiger partial charge is 0.0623 e. The van der Waals surface area contributed by atoms with Gasteiger partial charge in [0.25, 0.3) is 0 Å². The fraction of sp³-hybridized carbons (Fsp3) is 0. The quantitative estimate of drug-likeness (QED) is 0.136. The molecule has 0 nitrogen and oxygen atoms in total. The largest absolute Gasteiger partial charge is 0.206 e. The number of benzene rings is 4. The Morgan fingerprint density at radius 2 is 0.763 bits per heavy atom. The summed E-state index contributed by atoms with van der Waals surface area (Å²) >= 11 is -2.26. The third-order valence-corrected chi connectivity index (χ3v) is 21.8. The standard InChI is InChI=1S/C12H10Si.2C11H9.2ClH.Zr/c1-3-7-11(8-4-1)13-12-9-5-2-6-10-12;2*1-2-6-10(7-3-1)11-8-4-5-9-11;;;/h1-10H;2*1-9H;2*1H;/q;2*-1;;;+2/p-2. The Balaban J connectivity index is 0.000000136. The van der Waals surface area contributed by atoms with Gasteiger partial charge in [0.15, 0.2) is 0 Å². The Morgan fingerprint density at radius 3 is 1.05 bits per heavy atom. The Kier molecular flexibility index (Phi) is 11.6. The molecule has 0 atom stereocenters. The summed E-state index contributed by atoms with van der Waals surface area (Å²) in [4.78, 5) is 0. The minimum absolute atomic E-state index is 0.889. The van der Waals surface area contributed by atoms with Gasteiger partial charge in [0.05, 0.1) is 0 Å². The van der Waals surface area contributed by atoms with E-state index >= 15 is 0 Å². The van der Waals surface area contributed by atoms with Gasteiger partial charge in [0.2, 0.25) is 0 Å². The van der Waals surface area contributed by atoms with Gasteiger partial charge in [0.1, 0.15) is 0 Å². The number of rotatable bonds is 4. The van der Waals surface area contributed by atoms with Gasteiger partial charge < -0.3 is 0 Å². The molecule has 0 amide bonds. The molecular formula is C34H28Cl2SiZr-2. The molecule has 4 heteroatoms. The van der Waals surface area contributed by atoms with E-state index in [0.717, 1.165) is 0 Å². The topological polar surface area (TPSA) is 0 Å². The minimum atomic E-state index is -2.26. The molecule has 6 rings (SSSR count). The average molecular weight is 627 g/mol. The van der Waals surface area contributed by atoms with Crippen molar-refractivity contribution < 1.29 is 18.0 Å². The molecule has 0 saturated carbocycles. The molecule has 0 saturated heterocycles. The maximum Gasteiger partial charge on any atom is -0.0623 e. The van der Waals surface area contributed by atoms with Crippen LogP contribution >= 0.6 is 17.0 Å². The van der Waals surface area contributed by atoms with Crippen LogP contribution in [0.25, 0.3) is 22.3 Å². The molecule has 188 valence electrons. The Hall–Kier alpha value is -2.74. The number of halogens is 2. The Bertz CT molecular complexity index is 1360. The van der Waals surface area contributed by atoms with Gasteiger partial charge in [-0.3, -0.25) is 0 Å². The van der Waals surface area contributed by atoms with Crippen molar-refractivity contribution in [1.29, 1.82) is 0 Å². The van der Waals surface area contributed by atoms with Gasteiger partial charge in [-0.2, -0.15) is 47.5 Å². The van der Waals surface area contributed by atoms with E-state index in [4.69, 9.17) is 17.0 Å². The van der Waals surface area contributed by atoms with Crippen LogP contribution in [0, 0.1) is 0 Å². The fourth-order valence-electron chi connectivity index (χ4n) is 3.99. The van der Waals surface area contributed by atoms with Gasteiger partial charge in [-0.1, -0.05) is 71.8 Å². The second-order valence-corrected chi connectivity index (χ2v) is 27.6. The van der Waals surface area contributed by atoms with E-state index in [1.165, 1.54) is 32.6 Å². The molecule has 0 aromatic heterocycles. The normalized spacial score (nSPS) is 9.84. The average Bonchev–Trinajstić information content (AvgIpc) is 3.72. The summed E-state index contributed by atoms with van der Waals surface area (Å²) in [5, 5.41) is 2.66. The van der Waals surface area contributed by atoms with Crippen molar-refractivity contribution in [2.45, 2.75) is 0 Å². The molecule has 0 aliphatic rings. The zero-order valence-electron chi connectivity index (χ0n) is 20.9. The summed E-state index contributed by atoms with van der Waals surface area (Å²) in [5.41, 5.74) is 4.28. The monoisotopic (exact) mass is 624 g/mol. The maximum atomic E-state index is 6.32. The molecule has 0 heterocycles. The fourth-order valence-corrected chi connectivity index (χ4v) is 19.2. The van der Waals surface area contributed by atoms with E-state index in [2.05, 4.69) is 146 Å². The summed E-state index contributed by atoms with van der Waals surface area (Å²) in [6.07, 6.45) is 0. The summed E-state index contributed by atoms with van der Waals surface area (Å²) in [6, 6.07) is 58.4. The molecule has 0 spiro atoms. The molecule has 38 heavy (non-hydrogen) atoms. The second kappa shape index (κ2) is 15.6. The second-order valence-electron chi connectivity index (χ2n) is 8.45. The molecule has 0 unspecified atom stereocenters. The zero-order chi connectivity index (χ0) is 26.4. The van der Waals surface area contributed by atoms with Crippen LogP contribution in [0.5, 0.6) is 0 Å². The van der Waals surface area contributed by atoms with Gasteiger partial charge in [-0.15, -0.1) is 0 Å². The third-order valence-electron chi connectivity index (χ3n) is 5.85. The van der Waals surface area contributed by atoms with Crippen LogP contribution in [0.15, 0.2) is 170 Å². The number of hydrogen-bond donors (Lipinski definition) is 0. The van der Waals surface area contributed by atoms with E-state index in [1.54, 1.807) is 0 Å². The SMILES string of the molecule is [Cl][Zr]([Cl])=[Si](c1ccccc1)c1ccccc1.c1ccc(-c2cc[cH-]c2)cc1.c1ccc(-c2cc[cH-]c2)cc1. The minimum Gasteiger partial charge on any atom is -0.206 e. The van der Waals surface area contributed by atoms with Crippen LogP contribution in [0.1, 0.15) is 0 Å². The van der Waals surface area contributed by atoms with Crippen LogP contribution in [0.4, 0.5) is 0 Å². The molecule has 0 N–H and O–H groups in total. The van der Waals surface area contributed by atoms with Crippen molar-refractivity contribution in [2.24, 2.45) is 0 Å². The first-order valence-corrected chi connectivity index (χ1v) is 23.9. The molecule has 0 aliphatic carbocycles. The van der Waals surface area contributed by atoms with Crippen LogP contribution in [0.3, 0.4) is 0 Å². The van der Waals surface area contributed by atoms with E-state index in [1.807, 2.05) is 24.3 Å². The summed E-state index contributed by atoms with van der Waals surface area (Å²) in [5.74, 6) is 0. The van der Waals surface area contributed by atoms with Crippen molar-refractivity contribution in [1.82, 2.24) is 0 Å². The van der Waals surface area contributed by atoms with Gasteiger partial charge >= 0.3 is 111 Å². The molecule has 0 aliphatic heterocycles. The molecule has 0 bridgehead atoms. The molecule has 6 aromatic rings. The van der Waals surface area contributed by atoms with Gasteiger partial charge in [0, 0.05) is 0 Å². The van der Waals surface area contributed by atoms with Crippen LogP contribution in [-0.2, 0) is 18.0 Å². The molecule has 0 radical (unpaired) electrons. The van der Waals surface area contributed by atoms with Crippen molar-refractivity contribution in [3.05, 3.63) is 170 Å².